The number of benzene rings is 3. The van der Waals surface area contributed by atoms with Crippen molar-refractivity contribution in [3.63, 3.8) is 0 Å². The van der Waals surface area contributed by atoms with E-state index < -0.39 is 12.0 Å². The van der Waals surface area contributed by atoms with Gasteiger partial charge in [0.25, 0.3) is 5.56 Å². The van der Waals surface area contributed by atoms with Crippen molar-refractivity contribution in [2.45, 2.75) is 13.0 Å². The zero-order valence-corrected chi connectivity index (χ0v) is 24.3. The first-order valence-electron chi connectivity index (χ1n) is 13.2. The molecule has 1 atom stereocenters. The predicted molar refractivity (Wildman–Crippen MR) is 163 cm³/mol. The highest BCUT2D eigenvalue weighted by Crippen LogP contribution is 2.36. The second-order valence-corrected chi connectivity index (χ2v) is 10.9. The second kappa shape index (κ2) is 11.7. The van der Waals surface area contributed by atoms with Gasteiger partial charge in [-0.25, -0.2) is 9.79 Å². The molecule has 7 nitrogen and oxygen atoms in total. The molecule has 2 aromatic heterocycles. The quantitative estimate of drug-likeness (QED) is 0.220. The van der Waals surface area contributed by atoms with E-state index in [1.54, 1.807) is 36.8 Å². The van der Waals surface area contributed by atoms with Crippen LogP contribution < -0.4 is 19.6 Å². The summed E-state index contributed by atoms with van der Waals surface area (Å²) < 4.78 is 19.0. The summed E-state index contributed by atoms with van der Waals surface area (Å²) in [5, 5.41) is 0.600. The fourth-order valence-electron chi connectivity index (χ4n) is 4.92. The van der Waals surface area contributed by atoms with Gasteiger partial charge in [0.1, 0.15) is 17.3 Å². The third-order valence-corrected chi connectivity index (χ3v) is 8.01. The van der Waals surface area contributed by atoms with Gasteiger partial charge in [-0.05, 0) is 48.9 Å². The molecule has 0 fully saturated rings. The molecule has 0 saturated carbocycles. The third-order valence-electron chi connectivity index (χ3n) is 6.79. The van der Waals surface area contributed by atoms with Gasteiger partial charge in [-0.2, -0.15) is 0 Å². The van der Waals surface area contributed by atoms with Crippen molar-refractivity contribution in [2.75, 3.05) is 13.7 Å². The number of halogens is 1. The Bertz CT molecular complexity index is 2010. The lowest BCUT2D eigenvalue weighted by molar-refractivity contribution is -0.138. The maximum Gasteiger partial charge on any atom is 0.338 e. The minimum Gasteiger partial charge on any atom is -0.497 e. The molecule has 5 aromatic rings. The third kappa shape index (κ3) is 5.22. The van der Waals surface area contributed by atoms with Crippen molar-refractivity contribution >= 4 is 40.7 Å². The largest absolute Gasteiger partial charge is 0.497 e. The van der Waals surface area contributed by atoms with E-state index >= 15 is 0 Å². The van der Waals surface area contributed by atoms with Crippen LogP contribution in [-0.4, -0.2) is 24.3 Å². The van der Waals surface area contributed by atoms with Gasteiger partial charge in [0.15, 0.2) is 4.80 Å². The van der Waals surface area contributed by atoms with Crippen LogP contribution >= 0.6 is 22.9 Å². The summed E-state index contributed by atoms with van der Waals surface area (Å²) in [5.74, 6) is 1.18. The van der Waals surface area contributed by atoms with Crippen molar-refractivity contribution in [1.82, 2.24) is 4.57 Å². The number of nitrogens with zero attached hydrogens (tertiary/aromatic N) is 2. The maximum atomic E-state index is 14.1. The first-order chi connectivity index (χ1) is 20.5. The van der Waals surface area contributed by atoms with Gasteiger partial charge in [-0.3, -0.25) is 9.36 Å². The topological polar surface area (TPSA) is 83.0 Å². The van der Waals surface area contributed by atoms with Crippen molar-refractivity contribution in [3.05, 3.63) is 138 Å². The van der Waals surface area contributed by atoms with Gasteiger partial charge < -0.3 is 13.9 Å². The second-order valence-electron chi connectivity index (χ2n) is 9.42. The Morgan fingerprint density at radius 2 is 1.81 bits per heavy atom. The van der Waals surface area contributed by atoms with E-state index in [4.69, 9.17) is 30.5 Å². The minimum absolute atomic E-state index is 0.174. The molecule has 3 heterocycles. The van der Waals surface area contributed by atoms with E-state index in [9.17, 15) is 9.59 Å². The Hall–Kier alpha value is -4.66. The molecule has 9 heteroatoms. The highest BCUT2D eigenvalue weighted by Gasteiger charge is 2.35. The number of carbonyl (C=O) groups excluding carboxylic acids is 1. The van der Waals surface area contributed by atoms with Crippen molar-refractivity contribution in [1.29, 1.82) is 0 Å². The Kier molecular flexibility index (Phi) is 7.65. The number of fused-ring (bicyclic) bond motifs is 1. The number of aromatic nitrogens is 1. The number of carbonyl (C=O) groups is 1. The van der Waals surface area contributed by atoms with Crippen LogP contribution in [0.1, 0.15) is 29.9 Å². The summed E-state index contributed by atoms with van der Waals surface area (Å²) >= 11 is 7.38. The molecule has 6 rings (SSSR count). The molecule has 0 spiro atoms. The van der Waals surface area contributed by atoms with E-state index in [-0.39, 0.29) is 17.7 Å². The van der Waals surface area contributed by atoms with E-state index in [1.807, 2.05) is 78.9 Å². The molecule has 3 aromatic carbocycles. The molecular formula is C33H25ClN2O5S. The molecule has 0 N–H and O–H groups in total. The van der Waals surface area contributed by atoms with Crippen LogP contribution in [0.4, 0.5) is 0 Å². The molecule has 1 aliphatic heterocycles. The fraction of sp³-hybridized carbons (Fsp3) is 0.121. The van der Waals surface area contributed by atoms with E-state index in [0.29, 0.717) is 42.9 Å². The normalized spacial score (nSPS) is 14.8. The Morgan fingerprint density at radius 3 is 2.57 bits per heavy atom. The summed E-state index contributed by atoms with van der Waals surface area (Å²) in [7, 11) is 1.57. The average molecular weight is 597 g/mol. The van der Waals surface area contributed by atoms with Crippen LogP contribution in [0.3, 0.4) is 0 Å². The van der Waals surface area contributed by atoms with E-state index in [2.05, 4.69) is 0 Å². The van der Waals surface area contributed by atoms with E-state index in [0.717, 1.165) is 11.1 Å². The summed E-state index contributed by atoms with van der Waals surface area (Å²) in [6.07, 6.45) is 1.69. The summed E-state index contributed by atoms with van der Waals surface area (Å²) in [4.78, 5) is 33.0. The predicted octanol–water partition coefficient (Wildman–Crippen LogP) is 5.86. The van der Waals surface area contributed by atoms with Crippen molar-refractivity contribution in [2.24, 2.45) is 4.99 Å². The lowest BCUT2D eigenvalue weighted by Gasteiger charge is -2.26. The average Bonchev–Trinajstić information content (AvgIpc) is 3.61. The minimum atomic E-state index is -0.800. The smallest absolute Gasteiger partial charge is 0.338 e. The number of ether oxygens (including phenoxy) is 2. The molecule has 210 valence electrons. The van der Waals surface area contributed by atoms with Gasteiger partial charge in [0.05, 0.1) is 35.6 Å². The molecular weight excluding hydrogens is 572 g/mol. The fourth-order valence-corrected chi connectivity index (χ4v) is 6.10. The summed E-state index contributed by atoms with van der Waals surface area (Å²) in [6.45, 7) is 1.92. The van der Waals surface area contributed by atoms with Crippen LogP contribution in [0.25, 0.3) is 23.1 Å². The van der Waals surface area contributed by atoms with Crippen molar-refractivity contribution in [3.8, 4) is 17.1 Å². The van der Waals surface area contributed by atoms with Crippen LogP contribution in [0.15, 0.2) is 111 Å². The van der Waals surface area contributed by atoms with E-state index in [1.165, 1.54) is 11.3 Å². The molecule has 0 aliphatic carbocycles. The SMILES string of the molecule is CCOC(=O)C1=C(c2ccccc2)N=c2s/c(=C\c3ccc(-c4cccc(Cl)c4)o3)c(=O)n2C1c1cccc(OC)c1. The van der Waals surface area contributed by atoms with Gasteiger partial charge >= 0.3 is 5.97 Å². The van der Waals surface area contributed by atoms with Gasteiger partial charge in [-0.15, -0.1) is 0 Å². The molecule has 0 amide bonds. The highest BCUT2D eigenvalue weighted by molar-refractivity contribution is 7.07. The van der Waals surface area contributed by atoms with Crippen molar-refractivity contribution < 1.29 is 18.7 Å². The van der Waals surface area contributed by atoms with Crippen LogP contribution in [-0.2, 0) is 9.53 Å². The number of methoxy groups -OCH3 is 1. The Labute approximate surface area is 250 Å². The first-order valence-corrected chi connectivity index (χ1v) is 14.4. The zero-order chi connectivity index (χ0) is 29.2. The molecule has 42 heavy (non-hydrogen) atoms. The zero-order valence-electron chi connectivity index (χ0n) is 22.7. The molecule has 0 saturated heterocycles. The van der Waals surface area contributed by atoms with Gasteiger partial charge in [-0.1, -0.05) is 77.5 Å². The summed E-state index contributed by atoms with van der Waals surface area (Å²) in [5.41, 5.74) is 2.68. The number of thiazole rings is 1. The Balaban J connectivity index is 1.57. The molecule has 1 aliphatic rings. The molecule has 0 bridgehead atoms. The van der Waals surface area contributed by atoms with Crippen LogP contribution in [0.5, 0.6) is 5.75 Å². The molecule has 1 unspecified atom stereocenters. The van der Waals surface area contributed by atoms with Crippen LogP contribution in [0.2, 0.25) is 5.02 Å². The number of hydrogen-bond acceptors (Lipinski definition) is 7. The standard InChI is InChI=1S/C33H25ClN2O5S/c1-3-40-32(38)28-29(20-9-5-4-6-10-20)35-33-36(30(28)22-12-8-14-24(18-22)39-2)31(37)27(42-33)19-25-15-16-26(41-25)21-11-7-13-23(34)17-21/h4-19,30H,3H2,1-2H3/b27-19-. The number of rotatable bonds is 7. The number of esters is 1. The number of hydrogen-bond donors (Lipinski definition) is 0. The molecule has 0 radical (unpaired) electrons. The van der Waals surface area contributed by atoms with Gasteiger partial charge in [0, 0.05) is 22.2 Å². The van der Waals surface area contributed by atoms with Gasteiger partial charge in [0.2, 0.25) is 0 Å². The highest BCUT2D eigenvalue weighted by atomic mass is 35.5. The van der Waals surface area contributed by atoms with Crippen LogP contribution in [0, 0.1) is 0 Å². The lowest BCUT2D eigenvalue weighted by Crippen LogP contribution is -2.40. The first kappa shape index (κ1) is 27.5. The number of furan rings is 1. The maximum absolute atomic E-state index is 14.1. The summed E-state index contributed by atoms with van der Waals surface area (Å²) in [6, 6.07) is 26.9. The lowest BCUT2D eigenvalue weighted by atomic mass is 9.93. The Morgan fingerprint density at radius 1 is 1.02 bits per heavy atom. The monoisotopic (exact) mass is 596 g/mol.